The zero-order chi connectivity index (χ0) is 44.6. The van der Waals surface area contributed by atoms with Crippen LogP contribution in [0.15, 0.2) is 0 Å². The molecule has 0 saturated heterocycles. The topological polar surface area (TPSA) is 80.3 Å². The average Bonchev–Trinajstić information content (AvgIpc) is 3.22. The minimum absolute atomic E-state index is 0.230. The summed E-state index contributed by atoms with van der Waals surface area (Å²) in [5.41, 5.74) is -1.11. The van der Waals surface area contributed by atoms with Crippen molar-refractivity contribution in [2.75, 3.05) is 0 Å². The number of carbonyl (C=O) groups excluding carboxylic acids is 2. The summed E-state index contributed by atoms with van der Waals surface area (Å²) in [5, 5.41) is 24.4. The summed E-state index contributed by atoms with van der Waals surface area (Å²) < 4.78 is 0. The number of hydrogen-bond donors (Lipinski definition) is 0. The van der Waals surface area contributed by atoms with Crippen LogP contribution in [0, 0.1) is 10.8 Å². The first-order chi connectivity index (χ1) is 28.7. The van der Waals surface area contributed by atoms with Crippen LogP contribution in [0.2, 0.25) is 9.88 Å². The van der Waals surface area contributed by atoms with Crippen molar-refractivity contribution in [1.82, 2.24) is 0 Å². The SMILES string of the molecule is CCCCCCCCC(CCCCCCCC)(CCCCCCCC)C(=O)[O-].CCCCCCCCC(CCCCCCCC)(CCCCCCCC)C(=O)[O-].[CH3][Sn+2][CH3]. The molecule has 0 radical (unpaired) electrons. The van der Waals surface area contributed by atoms with Crippen molar-refractivity contribution in [3.05, 3.63) is 0 Å². The first kappa shape index (κ1) is 63.0. The van der Waals surface area contributed by atoms with Crippen LogP contribution >= 0.6 is 0 Å². The van der Waals surface area contributed by atoms with Gasteiger partial charge in [-0.3, -0.25) is 0 Å². The molecule has 0 saturated carbocycles. The third kappa shape index (κ3) is 41.5. The molecule has 0 aliphatic heterocycles. The van der Waals surface area contributed by atoms with E-state index in [4.69, 9.17) is 0 Å². The van der Waals surface area contributed by atoms with Gasteiger partial charge in [0.1, 0.15) is 0 Å². The molecule has 0 atom stereocenters. The molecule has 0 aromatic carbocycles. The third-order valence-corrected chi connectivity index (χ3v) is 12.9. The van der Waals surface area contributed by atoms with Crippen LogP contribution in [0.3, 0.4) is 0 Å². The van der Waals surface area contributed by atoms with Crippen molar-refractivity contribution < 1.29 is 19.8 Å². The van der Waals surface area contributed by atoms with Crippen molar-refractivity contribution in [3.8, 4) is 0 Å². The molecule has 4 nitrogen and oxygen atoms in total. The first-order valence-corrected chi connectivity index (χ1v) is 32.4. The monoisotopic (exact) mass is 941 g/mol. The van der Waals surface area contributed by atoms with E-state index in [1.54, 1.807) is 0 Å². The van der Waals surface area contributed by atoms with E-state index in [2.05, 4.69) is 51.4 Å². The van der Waals surface area contributed by atoms with Crippen LogP contribution in [0.5, 0.6) is 0 Å². The summed E-state index contributed by atoms with van der Waals surface area (Å²) in [6.45, 7) is 13.4. The van der Waals surface area contributed by atoms with Crippen molar-refractivity contribution in [1.29, 1.82) is 0 Å². The second kappa shape index (κ2) is 50.4. The Morgan fingerprint density at radius 3 is 0.525 bits per heavy atom. The van der Waals surface area contributed by atoms with Crippen LogP contribution in [-0.4, -0.2) is 33.1 Å². The maximum absolute atomic E-state index is 12.2. The van der Waals surface area contributed by atoms with Gasteiger partial charge in [0.25, 0.3) is 0 Å². The number of carboxylic acids is 2. The van der Waals surface area contributed by atoms with Crippen LogP contribution in [0.4, 0.5) is 0 Å². The minimum atomic E-state index is -0.761. The normalized spacial score (nSPS) is 11.4. The van der Waals surface area contributed by atoms with Gasteiger partial charge in [-0.15, -0.1) is 0 Å². The van der Waals surface area contributed by atoms with E-state index in [9.17, 15) is 19.8 Å². The molecule has 0 unspecified atom stereocenters. The molecule has 0 aromatic rings. The van der Waals surface area contributed by atoms with E-state index in [0.717, 1.165) is 77.0 Å². The van der Waals surface area contributed by atoms with Crippen LogP contribution < -0.4 is 10.2 Å². The fourth-order valence-electron chi connectivity index (χ4n) is 8.82. The second-order valence-corrected chi connectivity index (χ2v) is 21.6. The van der Waals surface area contributed by atoms with Gasteiger partial charge in [-0.1, -0.05) is 273 Å². The van der Waals surface area contributed by atoms with E-state index < -0.39 is 22.8 Å². The number of unbranched alkanes of at least 4 members (excludes halogenated alkanes) is 30. The van der Waals surface area contributed by atoms with Gasteiger partial charge in [0.15, 0.2) is 0 Å². The molecule has 0 N–H and O–H groups in total. The summed E-state index contributed by atoms with van der Waals surface area (Å²) in [6, 6.07) is 0. The van der Waals surface area contributed by atoms with Gasteiger partial charge in [0, 0.05) is 22.8 Å². The molecule has 0 aliphatic rings. The molecule has 0 rings (SSSR count). The summed E-state index contributed by atoms with van der Waals surface area (Å²) in [5.74, 6) is -1.52. The van der Waals surface area contributed by atoms with Gasteiger partial charge >= 0.3 is 31.0 Å². The molecule has 59 heavy (non-hydrogen) atoms. The standard InChI is InChI=1S/2C26H52O2.2CH3.Sn/c2*1-4-7-10-13-16-19-22-26(25(27)28,23-20-17-14-11-8-5-2)24-21-18-15-12-9-6-3;;;/h2*4-24H2,1-3H3,(H,27,28);2*1H3;/q;;;;+2/p-2. The Morgan fingerprint density at radius 2 is 0.407 bits per heavy atom. The average molecular weight is 940 g/mol. The van der Waals surface area contributed by atoms with Crippen LogP contribution in [-0.2, 0) is 9.59 Å². The van der Waals surface area contributed by atoms with Crippen LogP contribution in [0.25, 0.3) is 0 Å². The van der Waals surface area contributed by atoms with Crippen molar-refractivity contribution in [2.24, 2.45) is 10.8 Å². The number of carbonyl (C=O) groups is 2. The summed E-state index contributed by atoms with van der Waals surface area (Å²) in [6.07, 6.45) is 49.2. The molecule has 352 valence electrons. The molecule has 0 spiro atoms. The Bertz CT molecular complexity index is 682. The van der Waals surface area contributed by atoms with Gasteiger partial charge in [0.05, 0.1) is 0 Å². The van der Waals surface area contributed by atoms with Gasteiger partial charge in [-0.2, -0.15) is 0 Å². The molecule has 0 heterocycles. The number of carboxylic acid groups (broad SMARTS) is 2. The van der Waals surface area contributed by atoms with Gasteiger partial charge in [-0.25, -0.2) is 0 Å². The fraction of sp³-hybridized carbons (Fsp3) is 0.963. The van der Waals surface area contributed by atoms with Crippen molar-refractivity contribution in [2.45, 2.75) is 321 Å². The zero-order valence-corrected chi connectivity index (χ0v) is 44.7. The van der Waals surface area contributed by atoms with Crippen molar-refractivity contribution in [3.63, 3.8) is 0 Å². The predicted octanol–water partition coefficient (Wildman–Crippen LogP) is 16.7. The van der Waals surface area contributed by atoms with Gasteiger partial charge in [0.2, 0.25) is 0 Å². The third-order valence-electron chi connectivity index (χ3n) is 12.9. The quantitative estimate of drug-likeness (QED) is 0.0450. The molecule has 5 heteroatoms. The number of hydrogen-bond acceptors (Lipinski definition) is 4. The summed E-state index contributed by atoms with van der Waals surface area (Å²) >= 11 is 0.230. The Balaban J connectivity index is -0.000000995. The number of rotatable bonds is 44. The molecule has 0 amide bonds. The van der Waals surface area contributed by atoms with Gasteiger partial charge < -0.3 is 19.8 Å². The van der Waals surface area contributed by atoms with E-state index in [0.29, 0.717) is 0 Å². The summed E-state index contributed by atoms with van der Waals surface area (Å²) in [7, 11) is 0. The molecule has 0 bridgehead atoms. The van der Waals surface area contributed by atoms with E-state index in [-0.39, 0.29) is 21.1 Å². The molecular formula is C54H108O4Sn. The predicted molar refractivity (Wildman–Crippen MR) is 260 cm³/mol. The molecule has 0 aromatic heterocycles. The second-order valence-electron chi connectivity index (χ2n) is 18.7. The first-order valence-electron chi connectivity index (χ1n) is 26.7. The van der Waals surface area contributed by atoms with E-state index in [1.807, 2.05) is 0 Å². The zero-order valence-electron chi connectivity index (χ0n) is 41.8. The Kier molecular flexibility index (Phi) is 53.8. The van der Waals surface area contributed by atoms with Gasteiger partial charge in [-0.05, 0) is 38.5 Å². The summed E-state index contributed by atoms with van der Waals surface area (Å²) in [4.78, 5) is 29.0. The van der Waals surface area contributed by atoms with Crippen molar-refractivity contribution >= 4 is 33.1 Å². The Labute approximate surface area is 382 Å². The van der Waals surface area contributed by atoms with Crippen LogP contribution in [0.1, 0.15) is 311 Å². The maximum atomic E-state index is 12.2. The Morgan fingerprint density at radius 1 is 0.288 bits per heavy atom. The van der Waals surface area contributed by atoms with E-state index in [1.165, 1.54) is 193 Å². The van der Waals surface area contributed by atoms with E-state index >= 15 is 0 Å². The molecule has 0 aliphatic carbocycles. The fourth-order valence-corrected chi connectivity index (χ4v) is 8.82. The Hall–Kier alpha value is -0.261. The molecular weight excluding hydrogens is 831 g/mol. The molecule has 0 fully saturated rings. The number of aliphatic carboxylic acids is 2.